The third-order valence-electron chi connectivity index (χ3n) is 3.65. The molecular formula is C18H21NO2. The van der Waals surface area contributed by atoms with Crippen molar-refractivity contribution in [2.75, 3.05) is 19.8 Å². The lowest BCUT2D eigenvalue weighted by molar-refractivity contribution is 0.0770. The summed E-state index contributed by atoms with van der Waals surface area (Å²) in [4.78, 5) is 0. The van der Waals surface area contributed by atoms with Gasteiger partial charge in [-0.1, -0.05) is 42.5 Å². The van der Waals surface area contributed by atoms with E-state index in [9.17, 15) is 0 Å². The summed E-state index contributed by atoms with van der Waals surface area (Å²) in [5.41, 5.74) is 2.50. The molecule has 3 rings (SSSR count). The van der Waals surface area contributed by atoms with Gasteiger partial charge in [0.05, 0.1) is 13.2 Å². The SMILES string of the molecule is c1ccc(COc2ccc(CC3COCCN3)cc2)cc1. The lowest BCUT2D eigenvalue weighted by Gasteiger charge is -2.23. The van der Waals surface area contributed by atoms with Gasteiger partial charge in [-0.05, 0) is 29.7 Å². The topological polar surface area (TPSA) is 30.5 Å². The second-order valence-corrected chi connectivity index (χ2v) is 5.35. The number of ether oxygens (including phenoxy) is 2. The first-order valence-corrected chi connectivity index (χ1v) is 7.47. The minimum absolute atomic E-state index is 0.426. The summed E-state index contributed by atoms with van der Waals surface area (Å²) < 4.78 is 11.3. The van der Waals surface area contributed by atoms with Crippen LogP contribution < -0.4 is 10.1 Å². The lowest BCUT2D eigenvalue weighted by atomic mass is 10.1. The molecule has 1 saturated heterocycles. The highest BCUT2D eigenvalue weighted by Crippen LogP contribution is 2.15. The van der Waals surface area contributed by atoms with Crippen molar-refractivity contribution in [3.8, 4) is 5.75 Å². The minimum Gasteiger partial charge on any atom is -0.489 e. The molecule has 0 saturated carbocycles. The van der Waals surface area contributed by atoms with E-state index in [1.165, 1.54) is 11.1 Å². The molecule has 110 valence electrons. The van der Waals surface area contributed by atoms with Crippen LogP contribution in [-0.2, 0) is 17.8 Å². The zero-order chi connectivity index (χ0) is 14.3. The van der Waals surface area contributed by atoms with Crippen LogP contribution in [0.4, 0.5) is 0 Å². The zero-order valence-corrected chi connectivity index (χ0v) is 12.1. The number of nitrogens with one attached hydrogen (secondary N) is 1. The van der Waals surface area contributed by atoms with Crippen molar-refractivity contribution >= 4 is 0 Å². The Morgan fingerprint density at radius 2 is 1.81 bits per heavy atom. The van der Waals surface area contributed by atoms with Crippen LogP contribution in [0.3, 0.4) is 0 Å². The molecule has 0 bridgehead atoms. The number of morpholine rings is 1. The van der Waals surface area contributed by atoms with Crippen molar-refractivity contribution < 1.29 is 9.47 Å². The predicted molar refractivity (Wildman–Crippen MR) is 83.5 cm³/mol. The van der Waals surface area contributed by atoms with E-state index in [0.29, 0.717) is 12.6 Å². The third-order valence-corrected chi connectivity index (χ3v) is 3.65. The smallest absolute Gasteiger partial charge is 0.119 e. The maximum absolute atomic E-state index is 5.80. The summed E-state index contributed by atoms with van der Waals surface area (Å²) >= 11 is 0. The molecule has 0 spiro atoms. The second-order valence-electron chi connectivity index (χ2n) is 5.35. The Hall–Kier alpha value is -1.84. The standard InChI is InChI=1S/C18H21NO2/c1-2-4-16(5-3-1)13-21-18-8-6-15(7-9-18)12-17-14-20-11-10-19-17/h1-9,17,19H,10-14H2. The van der Waals surface area contributed by atoms with Gasteiger partial charge >= 0.3 is 0 Å². The molecule has 2 aromatic carbocycles. The molecule has 1 fully saturated rings. The molecule has 1 atom stereocenters. The molecule has 0 aromatic heterocycles. The fourth-order valence-electron chi connectivity index (χ4n) is 2.50. The van der Waals surface area contributed by atoms with Gasteiger partial charge in [0.2, 0.25) is 0 Å². The molecule has 3 nitrogen and oxygen atoms in total. The average Bonchev–Trinajstić information content (AvgIpc) is 2.56. The highest BCUT2D eigenvalue weighted by Gasteiger charge is 2.13. The predicted octanol–water partition coefficient (Wildman–Crippen LogP) is 2.80. The van der Waals surface area contributed by atoms with E-state index in [2.05, 4.69) is 29.6 Å². The lowest BCUT2D eigenvalue weighted by Crippen LogP contribution is -2.42. The van der Waals surface area contributed by atoms with Crippen LogP contribution in [0.2, 0.25) is 0 Å². The van der Waals surface area contributed by atoms with Crippen LogP contribution in [0, 0.1) is 0 Å². The van der Waals surface area contributed by atoms with Crippen molar-refractivity contribution in [2.24, 2.45) is 0 Å². The zero-order valence-electron chi connectivity index (χ0n) is 12.1. The van der Waals surface area contributed by atoms with Crippen LogP contribution in [-0.4, -0.2) is 25.8 Å². The van der Waals surface area contributed by atoms with E-state index in [0.717, 1.165) is 31.9 Å². The van der Waals surface area contributed by atoms with Gasteiger partial charge in [-0.15, -0.1) is 0 Å². The Balaban J connectivity index is 1.51. The number of hydrogen-bond acceptors (Lipinski definition) is 3. The highest BCUT2D eigenvalue weighted by molar-refractivity contribution is 5.28. The fraction of sp³-hybridized carbons (Fsp3) is 0.333. The monoisotopic (exact) mass is 283 g/mol. The third kappa shape index (κ3) is 4.31. The minimum atomic E-state index is 0.426. The molecule has 0 radical (unpaired) electrons. The van der Waals surface area contributed by atoms with Gasteiger partial charge in [0, 0.05) is 12.6 Å². The van der Waals surface area contributed by atoms with Gasteiger partial charge < -0.3 is 14.8 Å². The highest BCUT2D eigenvalue weighted by atomic mass is 16.5. The van der Waals surface area contributed by atoms with E-state index in [4.69, 9.17) is 9.47 Å². The molecular weight excluding hydrogens is 262 g/mol. The van der Waals surface area contributed by atoms with Gasteiger partial charge in [-0.25, -0.2) is 0 Å². The van der Waals surface area contributed by atoms with Crippen LogP contribution in [0.15, 0.2) is 54.6 Å². The van der Waals surface area contributed by atoms with E-state index < -0.39 is 0 Å². The van der Waals surface area contributed by atoms with Crippen molar-refractivity contribution in [3.63, 3.8) is 0 Å². The number of benzene rings is 2. The van der Waals surface area contributed by atoms with Crippen molar-refractivity contribution in [1.82, 2.24) is 5.32 Å². The Bertz CT molecular complexity index is 533. The van der Waals surface area contributed by atoms with Crippen LogP contribution in [0.25, 0.3) is 0 Å². The van der Waals surface area contributed by atoms with Gasteiger partial charge in [0.1, 0.15) is 12.4 Å². The Morgan fingerprint density at radius 1 is 1.00 bits per heavy atom. The first-order valence-electron chi connectivity index (χ1n) is 7.47. The molecule has 0 amide bonds. The Labute approximate surface area is 125 Å². The molecule has 1 aliphatic rings. The molecule has 1 heterocycles. The van der Waals surface area contributed by atoms with E-state index in [-0.39, 0.29) is 0 Å². The van der Waals surface area contributed by atoms with Crippen LogP contribution in [0.1, 0.15) is 11.1 Å². The van der Waals surface area contributed by atoms with Crippen LogP contribution in [0.5, 0.6) is 5.75 Å². The summed E-state index contributed by atoms with van der Waals surface area (Å²) in [5.74, 6) is 0.912. The van der Waals surface area contributed by atoms with E-state index in [1.807, 2.05) is 30.3 Å². The van der Waals surface area contributed by atoms with Gasteiger partial charge in [0.15, 0.2) is 0 Å². The molecule has 1 N–H and O–H groups in total. The quantitative estimate of drug-likeness (QED) is 0.915. The molecule has 21 heavy (non-hydrogen) atoms. The van der Waals surface area contributed by atoms with Crippen molar-refractivity contribution in [3.05, 3.63) is 65.7 Å². The summed E-state index contributed by atoms with van der Waals surface area (Å²) in [6, 6.07) is 19.0. The first-order chi connectivity index (χ1) is 10.4. The number of hydrogen-bond donors (Lipinski definition) is 1. The first kappa shape index (κ1) is 14.1. The summed E-state index contributed by atoms with van der Waals surface area (Å²) in [7, 11) is 0. The summed E-state index contributed by atoms with van der Waals surface area (Å²) in [6.45, 7) is 3.18. The van der Waals surface area contributed by atoms with E-state index in [1.54, 1.807) is 0 Å². The number of rotatable bonds is 5. The molecule has 2 aromatic rings. The van der Waals surface area contributed by atoms with Crippen molar-refractivity contribution in [2.45, 2.75) is 19.1 Å². The van der Waals surface area contributed by atoms with Gasteiger partial charge in [0.25, 0.3) is 0 Å². The average molecular weight is 283 g/mol. The summed E-state index contributed by atoms with van der Waals surface area (Å²) in [6.07, 6.45) is 0.999. The molecule has 1 unspecified atom stereocenters. The Kier molecular flexibility index (Phi) is 4.87. The van der Waals surface area contributed by atoms with Gasteiger partial charge in [-0.2, -0.15) is 0 Å². The maximum Gasteiger partial charge on any atom is 0.119 e. The van der Waals surface area contributed by atoms with E-state index >= 15 is 0 Å². The normalized spacial score (nSPS) is 18.4. The second kappa shape index (κ2) is 7.25. The molecule has 0 aliphatic carbocycles. The molecule has 3 heteroatoms. The van der Waals surface area contributed by atoms with Crippen LogP contribution >= 0.6 is 0 Å². The largest absolute Gasteiger partial charge is 0.489 e. The Morgan fingerprint density at radius 3 is 2.52 bits per heavy atom. The summed E-state index contributed by atoms with van der Waals surface area (Å²) in [5, 5.41) is 3.47. The van der Waals surface area contributed by atoms with Gasteiger partial charge in [-0.3, -0.25) is 0 Å². The maximum atomic E-state index is 5.80. The fourth-order valence-corrected chi connectivity index (χ4v) is 2.50. The van der Waals surface area contributed by atoms with Crippen molar-refractivity contribution in [1.29, 1.82) is 0 Å². The molecule has 1 aliphatic heterocycles.